The third-order valence-corrected chi connectivity index (χ3v) is 3.82. The van der Waals surface area contributed by atoms with E-state index in [9.17, 15) is 0 Å². The van der Waals surface area contributed by atoms with Crippen molar-refractivity contribution in [1.82, 2.24) is 20.1 Å². The average Bonchev–Trinajstić information content (AvgIpc) is 3.13. The van der Waals surface area contributed by atoms with E-state index in [1.807, 2.05) is 26.0 Å². The fraction of sp³-hybridized carbons (Fsp3) is 0.118. The van der Waals surface area contributed by atoms with E-state index in [1.165, 1.54) is 0 Å². The molecule has 1 N–H and O–H groups in total. The Morgan fingerprint density at radius 1 is 1.05 bits per heavy atom. The average molecular weight is 290 g/mol. The molecule has 0 amide bonds. The quantitative estimate of drug-likeness (QED) is 0.608. The fourth-order valence-corrected chi connectivity index (χ4v) is 2.83. The first-order chi connectivity index (χ1) is 10.7. The van der Waals surface area contributed by atoms with Crippen molar-refractivity contribution < 1.29 is 4.52 Å². The first kappa shape index (κ1) is 12.8. The molecule has 0 spiro atoms. The van der Waals surface area contributed by atoms with Gasteiger partial charge in [-0.3, -0.25) is 0 Å². The summed E-state index contributed by atoms with van der Waals surface area (Å²) in [6.45, 7) is 3.89. The highest BCUT2D eigenvalue weighted by atomic mass is 16.5. The van der Waals surface area contributed by atoms with Gasteiger partial charge in [0.25, 0.3) is 0 Å². The summed E-state index contributed by atoms with van der Waals surface area (Å²) in [4.78, 5) is 11.6. The summed E-state index contributed by atoms with van der Waals surface area (Å²) in [5.41, 5.74) is 6.90. The maximum atomic E-state index is 5.28. The molecule has 1 aromatic carbocycles. The van der Waals surface area contributed by atoms with Gasteiger partial charge in [0.2, 0.25) is 0 Å². The van der Waals surface area contributed by atoms with Crippen molar-refractivity contribution >= 4 is 11.2 Å². The van der Waals surface area contributed by atoms with E-state index < -0.39 is 0 Å². The molecule has 22 heavy (non-hydrogen) atoms. The highest BCUT2D eigenvalue weighted by molar-refractivity contribution is 5.90. The minimum absolute atomic E-state index is 0.722. The Balaban J connectivity index is 1.91. The Morgan fingerprint density at radius 3 is 2.73 bits per heavy atom. The van der Waals surface area contributed by atoms with Crippen LogP contribution in [0, 0.1) is 13.8 Å². The Labute approximate surface area is 127 Å². The highest BCUT2D eigenvalue weighted by Crippen LogP contribution is 2.32. The number of nitrogens with one attached hydrogen (secondary N) is 1. The van der Waals surface area contributed by atoms with Crippen molar-refractivity contribution in [2.75, 3.05) is 0 Å². The first-order valence-electron chi connectivity index (χ1n) is 7.06. The number of rotatable bonds is 2. The lowest BCUT2D eigenvalue weighted by Gasteiger charge is -2.06. The van der Waals surface area contributed by atoms with E-state index in [0.29, 0.717) is 0 Å². The van der Waals surface area contributed by atoms with Gasteiger partial charge in [-0.1, -0.05) is 23.4 Å². The van der Waals surface area contributed by atoms with Gasteiger partial charge in [0, 0.05) is 17.3 Å². The molecule has 0 aliphatic heterocycles. The van der Waals surface area contributed by atoms with Gasteiger partial charge in [-0.2, -0.15) is 0 Å². The van der Waals surface area contributed by atoms with E-state index in [4.69, 9.17) is 4.52 Å². The van der Waals surface area contributed by atoms with Crippen LogP contribution in [0.4, 0.5) is 0 Å². The lowest BCUT2D eigenvalue weighted by Crippen LogP contribution is -1.86. The van der Waals surface area contributed by atoms with Gasteiger partial charge in [-0.15, -0.1) is 0 Å². The van der Waals surface area contributed by atoms with Crippen LogP contribution in [0.3, 0.4) is 0 Å². The zero-order chi connectivity index (χ0) is 15.1. The molecule has 0 fully saturated rings. The number of imidazole rings is 1. The number of aryl methyl sites for hydroxylation is 2. The fourth-order valence-electron chi connectivity index (χ4n) is 2.83. The van der Waals surface area contributed by atoms with Crippen LogP contribution in [0.1, 0.15) is 11.5 Å². The van der Waals surface area contributed by atoms with Crippen molar-refractivity contribution in [2.45, 2.75) is 13.8 Å². The molecule has 0 saturated carbocycles. The maximum Gasteiger partial charge on any atom is 0.178 e. The zero-order valence-corrected chi connectivity index (χ0v) is 12.3. The second-order valence-electron chi connectivity index (χ2n) is 5.24. The monoisotopic (exact) mass is 290 g/mol. The second-order valence-corrected chi connectivity index (χ2v) is 5.24. The molecule has 3 aromatic heterocycles. The van der Waals surface area contributed by atoms with Crippen LogP contribution >= 0.6 is 0 Å². The number of hydrogen-bond donors (Lipinski definition) is 1. The van der Waals surface area contributed by atoms with Crippen LogP contribution in [0.5, 0.6) is 0 Å². The summed E-state index contributed by atoms with van der Waals surface area (Å²) >= 11 is 0. The molecule has 5 heteroatoms. The molecule has 5 nitrogen and oxygen atoms in total. The molecule has 0 unspecified atom stereocenters. The summed E-state index contributed by atoms with van der Waals surface area (Å²) in [5.74, 6) is 0.830. The second kappa shape index (κ2) is 4.80. The van der Waals surface area contributed by atoms with E-state index in [1.54, 1.807) is 12.5 Å². The van der Waals surface area contributed by atoms with Gasteiger partial charge >= 0.3 is 0 Å². The van der Waals surface area contributed by atoms with Gasteiger partial charge in [0.1, 0.15) is 5.76 Å². The Hall–Kier alpha value is -2.95. The van der Waals surface area contributed by atoms with Crippen LogP contribution in [0.25, 0.3) is 33.4 Å². The summed E-state index contributed by atoms with van der Waals surface area (Å²) in [6.07, 6.45) is 3.44. The number of nitrogens with zero attached hydrogens (tertiary/aromatic N) is 3. The topological polar surface area (TPSA) is 67.6 Å². The molecule has 0 atom stereocenters. The molecular formula is C17H14N4O. The molecule has 3 heterocycles. The van der Waals surface area contributed by atoms with E-state index in [-0.39, 0.29) is 0 Å². The number of aromatic nitrogens is 4. The largest absolute Gasteiger partial charge is 0.361 e. The molecular weight excluding hydrogens is 276 g/mol. The van der Waals surface area contributed by atoms with Crippen molar-refractivity contribution in [2.24, 2.45) is 0 Å². The van der Waals surface area contributed by atoms with Crippen molar-refractivity contribution in [3.8, 4) is 22.3 Å². The van der Waals surface area contributed by atoms with Crippen molar-refractivity contribution in [3.05, 3.63) is 54.3 Å². The Bertz CT molecular complexity index is 948. The molecule has 4 rings (SSSR count). The zero-order valence-electron chi connectivity index (χ0n) is 12.3. The summed E-state index contributed by atoms with van der Waals surface area (Å²) in [7, 11) is 0. The molecule has 4 aromatic rings. The Morgan fingerprint density at radius 2 is 1.91 bits per heavy atom. The number of hydrogen-bond acceptors (Lipinski definition) is 4. The number of benzene rings is 1. The lowest BCUT2D eigenvalue weighted by atomic mass is 9.98. The van der Waals surface area contributed by atoms with Crippen molar-refractivity contribution in [1.29, 1.82) is 0 Å². The molecule has 0 bridgehead atoms. The predicted octanol–water partition coefficient (Wildman–Crippen LogP) is 3.90. The van der Waals surface area contributed by atoms with Gasteiger partial charge in [0.15, 0.2) is 5.65 Å². The van der Waals surface area contributed by atoms with E-state index in [0.717, 1.165) is 44.9 Å². The number of fused-ring (bicyclic) bond motifs is 1. The Kier molecular flexibility index (Phi) is 2.79. The minimum Gasteiger partial charge on any atom is -0.361 e. The van der Waals surface area contributed by atoms with Crippen molar-refractivity contribution in [3.63, 3.8) is 0 Å². The first-order valence-corrected chi connectivity index (χ1v) is 7.06. The van der Waals surface area contributed by atoms with E-state index in [2.05, 4.69) is 38.3 Å². The summed E-state index contributed by atoms with van der Waals surface area (Å²) in [5, 5.41) is 4.04. The highest BCUT2D eigenvalue weighted by Gasteiger charge is 2.13. The summed E-state index contributed by atoms with van der Waals surface area (Å²) in [6, 6.07) is 10.3. The van der Waals surface area contributed by atoms with Gasteiger partial charge in [-0.25, -0.2) is 9.97 Å². The van der Waals surface area contributed by atoms with Crippen LogP contribution in [-0.4, -0.2) is 20.1 Å². The maximum absolute atomic E-state index is 5.28. The molecule has 0 radical (unpaired) electrons. The third-order valence-electron chi connectivity index (χ3n) is 3.82. The van der Waals surface area contributed by atoms with Crippen LogP contribution in [0.15, 0.2) is 47.4 Å². The summed E-state index contributed by atoms with van der Waals surface area (Å²) < 4.78 is 5.28. The molecule has 0 saturated heterocycles. The molecule has 0 aliphatic carbocycles. The van der Waals surface area contributed by atoms with Crippen LogP contribution in [0.2, 0.25) is 0 Å². The SMILES string of the molecule is Cc1noc(C)c1-c1cccc(-c2ccnc3nc[nH]c23)c1. The molecule has 108 valence electrons. The third kappa shape index (κ3) is 1.90. The standard InChI is InChI=1S/C17H14N4O/c1-10-15(11(2)22-21-10)13-5-3-4-12(8-13)14-6-7-18-17-16(14)19-9-20-17/h3-9H,1-2H3,(H,18,19,20). The normalized spacial score (nSPS) is 11.2. The minimum atomic E-state index is 0.722. The number of aromatic amines is 1. The predicted molar refractivity (Wildman–Crippen MR) is 84.3 cm³/mol. The smallest absolute Gasteiger partial charge is 0.178 e. The van der Waals surface area contributed by atoms with Gasteiger partial charge < -0.3 is 9.51 Å². The molecule has 0 aliphatic rings. The van der Waals surface area contributed by atoms with Gasteiger partial charge in [0.05, 0.1) is 17.5 Å². The van der Waals surface area contributed by atoms with Gasteiger partial charge in [-0.05, 0) is 37.1 Å². The lowest BCUT2D eigenvalue weighted by molar-refractivity contribution is 0.393. The number of pyridine rings is 1. The van der Waals surface area contributed by atoms with E-state index >= 15 is 0 Å². The van der Waals surface area contributed by atoms with Crippen LogP contribution < -0.4 is 0 Å². The van der Waals surface area contributed by atoms with Crippen LogP contribution in [-0.2, 0) is 0 Å². The number of H-pyrrole nitrogens is 1.